The Morgan fingerprint density at radius 2 is 1.96 bits per heavy atom. The van der Waals surface area contributed by atoms with Gasteiger partial charge in [0.05, 0.1) is 0 Å². The van der Waals surface area contributed by atoms with E-state index in [2.05, 4.69) is 27.4 Å². The Kier molecular flexibility index (Phi) is 13.0. The van der Waals surface area contributed by atoms with Crippen LogP contribution in [0.15, 0.2) is 23.3 Å². The van der Waals surface area contributed by atoms with Crippen LogP contribution >= 0.6 is 35.6 Å². The van der Waals surface area contributed by atoms with Gasteiger partial charge in [0.2, 0.25) is 0 Å². The summed E-state index contributed by atoms with van der Waals surface area (Å²) in [5.74, 6) is 0.903. The van der Waals surface area contributed by atoms with E-state index in [4.69, 9.17) is 16.6 Å². The van der Waals surface area contributed by atoms with E-state index in [1.807, 2.05) is 18.3 Å². The number of rotatable bonds is 8. The largest absolute Gasteiger partial charge is 0.357 e. The molecule has 1 aliphatic heterocycles. The van der Waals surface area contributed by atoms with E-state index in [9.17, 15) is 0 Å². The molecule has 2 heterocycles. The van der Waals surface area contributed by atoms with Gasteiger partial charge in [0, 0.05) is 25.8 Å². The Hall–Kier alpha value is -0.600. The highest BCUT2D eigenvalue weighted by Gasteiger charge is 2.07. The molecule has 1 aromatic rings. The average molecular weight is 494 g/mol. The van der Waals surface area contributed by atoms with E-state index in [1.54, 1.807) is 0 Å². The summed E-state index contributed by atoms with van der Waals surface area (Å²) in [6, 6.07) is 3.85. The fourth-order valence-electron chi connectivity index (χ4n) is 3.07. The van der Waals surface area contributed by atoms with E-state index in [1.165, 1.54) is 50.9 Å². The number of likely N-dealkylation sites (tertiary alicyclic amines) is 1. The number of aliphatic imine (C=N–C) groups is 1. The van der Waals surface area contributed by atoms with Gasteiger partial charge < -0.3 is 15.5 Å². The summed E-state index contributed by atoms with van der Waals surface area (Å²) in [6.07, 6.45) is 9.36. The zero-order valence-corrected chi connectivity index (χ0v) is 18.9. The van der Waals surface area contributed by atoms with Crippen LogP contribution in [0.1, 0.15) is 44.6 Å². The maximum Gasteiger partial charge on any atom is 0.191 e. The lowest BCUT2D eigenvalue weighted by molar-refractivity contribution is 0.283. The first-order valence-electron chi connectivity index (χ1n) is 9.63. The Morgan fingerprint density at radius 1 is 1.19 bits per heavy atom. The lowest BCUT2D eigenvalue weighted by Crippen LogP contribution is -2.38. The maximum absolute atomic E-state index is 5.81. The Bertz CT molecular complexity index is 501. The van der Waals surface area contributed by atoms with Crippen LogP contribution in [0.2, 0.25) is 5.15 Å². The van der Waals surface area contributed by atoms with Crippen molar-refractivity contribution in [3.8, 4) is 0 Å². The molecule has 0 unspecified atom stereocenters. The van der Waals surface area contributed by atoms with Gasteiger partial charge >= 0.3 is 0 Å². The third-order valence-electron chi connectivity index (χ3n) is 4.44. The smallest absolute Gasteiger partial charge is 0.191 e. The molecule has 0 atom stereocenters. The lowest BCUT2D eigenvalue weighted by Gasteiger charge is -2.19. The number of guanidine groups is 1. The minimum atomic E-state index is 0. The zero-order valence-electron chi connectivity index (χ0n) is 15.8. The Morgan fingerprint density at radius 3 is 2.62 bits per heavy atom. The second-order valence-corrected chi connectivity index (χ2v) is 6.92. The van der Waals surface area contributed by atoms with Gasteiger partial charge in [0.15, 0.2) is 5.96 Å². The first kappa shape index (κ1) is 23.4. The predicted octanol–water partition coefficient (Wildman–Crippen LogP) is 3.72. The fourth-order valence-corrected chi connectivity index (χ4v) is 3.18. The van der Waals surface area contributed by atoms with Gasteiger partial charge in [-0.15, -0.1) is 24.0 Å². The van der Waals surface area contributed by atoms with E-state index in [0.29, 0.717) is 5.15 Å². The van der Waals surface area contributed by atoms with E-state index in [0.717, 1.165) is 38.4 Å². The topological polar surface area (TPSA) is 52.6 Å². The minimum absolute atomic E-state index is 0. The fraction of sp³-hybridized carbons (Fsp3) is 0.684. The van der Waals surface area contributed by atoms with Crippen LogP contribution in [0, 0.1) is 0 Å². The third kappa shape index (κ3) is 9.92. The molecule has 0 bridgehead atoms. The summed E-state index contributed by atoms with van der Waals surface area (Å²) in [5, 5.41) is 7.25. The molecular formula is C19H33ClIN5. The summed E-state index contributed by atoms with van der Waals surface area (Å²) in [5.41, 5.74) is 1.17. The molecule has 0 aromatic carbocycles. The van der Waals surface area contributed by atoms with Crippen molar-refractivity contribution in [2.24, 2.45) is 4.99 Å². The second kappa shape index (κ2) is 14.5. The van der Waals surface area contributed by atoms with Crippen molar-refractivity contribution in [3.05, 3.63) is 29.0 Å². The van der Waals surface area contributed by atoms with E-state index < -0.39 is 0 Å². The molecule has 2 rings (SSSR count). The van der Waals surface area contributed by atoms with E-state index in [-0.39, 0.29) is 24.0 Å². The normalized spacial score (nSPS) is 15.8. The number of nitrogens with one attached hydrogen (secondary N) is 2. The summed E-state index contributed by atoms with van der Waals surface area (Å²) >= 11 is 5.81. The molecule has 0 saturated carbocycles. The van der Waals surface area contributed by atoms with Crippen LogP contribution < -0.4 is 10.6 Å². The summed E-state index contributed by atoms with van der Waals surface area (Å²) in [4.78, 5) is 11.4. The molecule has 7 heteroatoms. The van der Waals surface area contributed by atoms with Crippen LogP contribution in [0.4, 0.5) is 0 Å². The molecule has 0 spiro atoms. The standard InChI is InChI=1S/C19H32ClN5.HI/c1-2-21-19(23-12-10-17-8-9-18(20)24-16-17)22-11-7-15-25-13-5-3-4-6-14-25;/h8-9,16H,2-7,10-15H2,1H3,(H2,21,22,23);1H. The number of hydrogen-bond acceptors (Lipinski definition) is 3. The van der Waals surface area contributed by atoms with Crippen molar-refractivity contribution in [1.82, 2.24) is 20.5 Å². The first-order chi connectivity index (χ1) is 12.3. The molecule has 26 heavy (non-hydrogen) atoms. The Balaban J connectivity index is 0.00000338. The summed E-state index contributed by atoms with van der Waals surface area (Å²) in [7, 11) is 0. The minimum Gasteiger partial charge on any atom is -0.357 e. The molecule has 0 amide bonds. The average Bonchev–Trinajstić information content (AvgIpc) is 2.89. The first-order valence-corrected chi connectivity index (χ1v) is 10.0. The van der Waals surface area contributed by atoms with Gasteiger partial charge in [-0.05, 0) is 63.9 Å². The molecule has 1 saturated heterocycles. The molecule has 5 nitrogen and oxygen atoms in total. The lowest BCUT2D eigenvalue weighted by atomic mass is 10.2. The number of nitrogens with zero attached hydrogens (tertiary/aromatic N) is 3. The van der Waals surface area contributed by atoms with Gasteiger partial charge in [-0.25, -0.2) is 4.98 Å². The zero-order chi connectivity index (χ0) is 17.7. The highest BCUT2D eigenvalue weighted by Crippen LogP contribution is 2.09. The van der Waals surface area contributed by atoms with Gasteiger partial charge in [0.1, 0.15) is 5.15 Å². The van der Waals surface area contributed by atoms with Crippen LogP contribution in [-0.4, -0.2) is 55.1 Å². The molecule has 1 aliphatic rings. The molecule has 0 radical (unpaired) electrons. The van der Waals surface area contributed by atoms with Gasteiger partial charge in [0.25, 0.3) is 0 Å². The van der Waals surface area contributed by atoms with Crippen LogP contribution in [0.5, 0.6) is 0 Å². The van der Waals surface area contributed by atoms with Crippen molar-refractivity contribution in [3.63, 3.8) is 0 Å². The molecule has 2 N–H and O–H groups in total. The van der Waals surface area contributed by atoms with Crippen LogP contribution in [0.25, 0.3) is 0 Å². The maximum atomic E-state index is 5.81. The Labute approximate surface area is 180 Å². The highest BCUT2D eigenvalue weighted by atomic mass is 127. The predicted molar refractivity (Wildman–Crippen MR) is 122 cm³/mol. The molecular weight excluding hydrogens is 461 g/mol. The van der Waals surface area contributed by atoms with Gasteiger partial charge in [-0.3, -0.25) is 4.99 Å². The number of pyridine rings is 1. The highest BCUT2D eigenvalue weighted by molar-refractivity contribution is 14.0. The monoisotopic (exact) mass is 493 g/mol. The van der Waals surface area contributed by atoms with Gasteiger partial charge in [-0.2, -0.15) is 0 Å². The molecule has 148 valence electrons. The van der Waals surface area contributed by atoms with Crippen molar-refractivity contribution in [1.29, 1.82) is 0 Å². The van der Waals surface area contributed by atoms with Crippen LogP contribution in [0.3, 0.4) is 0 Å². The quantitative estimate of drug-likeness (QED) is 0.191. The number of halogens is 2. The molecule has 0 aliphatic carbocycles. The summed E-state index contributed by atoms with van der Waals surface area (Å²) < 4.78 is 0. The second-order valence-electron chi connectivity index (χ2n) is 6.54. The molecule has 1 aromatic heterocycles. The SMILES string of the molecule is CCNC(=NCCCN1CCCCCC1)NCCc1ccc(Cl)nc1.I. The number of aromatic nitrogens is 1. The number of hydrogen-bond donors (Lipinski definition) is 2. The van der Waals surface area contributed by atoms with Gasteiger partial charge in [-0.1, -0.05) is 30.5 Å². The van der Waals surface area contributed by atoms with E-state index >= 15 is 0 Å². The van der Waals surface area contributed by atoms with Crippen molar-refractivity contribution < 1.29 is 0 Å². The summed E-state index contributed by atoms with van der Waals surface area (Å²) in [6.45, 7) is 8.36. The van der Waals surface area contributed by atoms with Crippen molar-refractivity contribution >= 4 is 41.5 Å². The molecule has 1 fully saturated rings. The third-order valence-corrected chi connectivity index (χ3v) is 4.66. The van der Waals surface area contributed by atoms with Crippen LogP contribution in [-0.2, 0) is 6.42 Å². The van der Waals surface area contributed by atoms with Crippen molar-refractivity contribution in [2.45, 2.75) is 45.4 Å². The van der Waals surface area contributed by atoms with Crippen molar-refractivity contribution in [2.75, 3.05) is 39.3 Å².